The first-order chi connectivity index (χ1) is 11.0. The zero-order valence-corrected chi connectivity index (χ0v) is 14.8. The Labute approximate surface area is 140 Å². The van der Waals surface area contributed by atoms with E-state index in [0.717, 1.165) is 31.7 Å². The number of anilines is 2. The number of Topliss-reactive ketones (excluding diaryl/α,β-unsaturated/α-hetero) is 1. The number of carbonyl (C=O) groups is 2. The summed E-state index contributed by atoms with van der Waals surface area (Å²) < 4.78 is 0. The Morgan fingerprint density at radius 3 is 2.26 bits per heavy atom. The Morgan fingerprint density at radius 1 is 1.22 bits per heavy atom. The van der Waals surface area contributed by atoms with E-state index in [9.17, 15) is 9.59 Å². The van der Waals surface area contributed by atoms with Crippen molar-refractivity contribution in [3.63, 3.8) is 0 Å². The molecule has 1 fully saturated rings. The van der Waals surface area contributed by atoms with Crippen LogP contribution in [0.2, 0.25) is 0 Å². The maximum atomic E-state index is 11.6. The van der Waals surface area contributed by atoms with Gasteiger partial charge in [-0.1, -0.05) is 27.7 Å². The molecule has 1 aliphatic heterocycles. The van der Waals surface area contributed by atoms with E-state index in [0.29, 0.717) is 5.82 Å². The average Bonchev–Trinajstić information content (AvgIpc) is 2.57. The molecular weight excluding hydrogens is 292 g/mol. The van der Waals surface area contributed by atoms with E-state index in [2.05, 4.69) is 20.4 Å². The van der Waals surface area contributed by atoms with Crippen LogP contribution in [0.1, 0.15) is 48.9 Å². The van der Waals surface area contributed by atoms with Crippen LogP contribution in [0, 0.1) is 11.8 Å². The van der Waals surface area contributed by atoms with Crippen molar-refractivity contribution in [1.82, 2.24) is 10.2 Å². The minimum absolute atomic E-state index is 0. The molecule has 0 aromatic carbocycles. The molecule has 6 heteroatoms. The van der Waals surface area contributed by atoms with E-state index in [1.165, 1.54) is 0 Å². The maximum absolute atomic E-state index is 11.6. The van der Waals surface area contributed by atoms with Crippen LogP contribution in [0.4, 0.5) is 11.6 Å². The highest BCUT2D eigenvalue weighted by Crippen LogP contribution is 2.22. The molecule has 0 saturated carbocycles. The van der Waals surface area contributed by atoms with Gasteiger partial charge in [-0.25, -0.2) is 0 Å². The molecule has 2 rings (SSSR count). The van der Waals surface area contributed by atoms with Crippen molar-refractivity contribution in [3.05, 3.63) is 12.1 Å². The minimum atomic E-state index is -0.0860. The third-order valence-electron chi connectivity index (χ3n) is 3.82. The molecule has 130 valence electrons. The van der Waals surface area contributed by atoms with Gasteiger partial charge in [0.2, 0.25) is 5.91 Å². The van der Waals surface area contributed by atoms with Crippen LogP contribution in [-0.4, -0.2) is 35.0 Å². The van der Waals surface area contributed by atoms with Gasteiger partial charge >= 0.3 is 0 Å². The van der Waals surface area contributed by atoms with Crippen molar-refractivity contribution in [3.8, 4) is 0 Å². The number of amides is 1. The number of carbonyl (C=O) groups excluding carboxylic acids is 2. The van der Waals surface area contributed by atoms with Crippen molar-refractivity contribution < 1.29 is 11.0 Å². The van der Waals surface area contributed by atoms with Crippen molar-refractivity contribution in [1.29, 1.82) is 0 Å². The molecule has 0 aliphatic carbocycles. The van der Waals surface area contributed by atoms with Crippen LogP contribution < -0.4 is 10.2 Å². The summed E-state index contributed by atoms with van der Waals surface area (Å²) in [5.74, 6) is 1.55. The van der Waals surface area contributed by atoms with Gasteiger partial charge in [0, 0.05) is 26.4 Å². The van der Waals surface area contributed by atoms with Gasteiger partial charge in [0.15, 0.2) is 11.6 Å². The van der Waals surface area contributed by atoms with Gasteiger partial charge in [-0.2, -0.15) is 0 Å². The zero-order valence-electron chi connectivity index (χ0n) is 14.8. The van der Waals surface area contributed by atoms with E-state index < -0.39 is 0 Å². The lowest BCUT2D eigenvalue weighted by molar-refractivity contribution is -0.121. The molecule has 2 heterocycles. The molecule has 1 aromatic rings. The third kappa shape index (κ3) is 5.62. The van der Waals surface area contributed by atoms with E-state index in [4.69, 9.17) is 0 Å². The van der Waals surface area contributed by atoms with Crippen LogP contribution in [0.3, 0.4) is 0 Å². The minimum Gasteiger partial charge on any atom is -0.355 e. The topological polar surface area (TPSA) is 75.2 Å². The summed E-state index contributed by atoms with van der Waals surface area (Å²) in [5.41, 5.74) is 0. The molecule has 0 atom stereocenters. The van der Waals surface area contributed by atoms with Gasteiger partial charge in [-0.15, -0.1) is 10.2 Å². The standard InChI is InChI=1S/C15H22N4O2.C2H6.H2/c1-10(2)15(21)16-13-4-5-14(18-17-13)19-8-6-12(7-9-19)11(3)20;1-2;/h4-5,10,12H,6-9H2,1-3H3,(H,16,17,21);1-2H3;1H. The lowest BCUT2D eigenvalue weighted by Crippen LogP contribution is -2.36. The van der Waals surface area contributed by atoms with E-state index in [1.807, 2.05) is 33.8 Å². The van der Waals surface area contributed by atoms with Gasteiger partial charge in [0.05, 0.1) is 0 Å². The largest absolute Gasteiger partial charge is 0.355 e. The van der Waals surface area contributed by atoms with E-state index in [1.54, 1.807) is 13.0 Å². The fourth-order valence-corrected chi connectivity index (χ4v) is 2.35. The molecule has 1 aromatic heterocycles. The Kier molecular flexibility index (Phi) is 7.65. The summed E-state index contributed by atoms with van der Waals surface area (Å²) in [6.07, 6.45) is 1.73. The van der Waals surface area contributed by atoms with Crippen LogP contribution >= 0.6 is 0 Å². The summed E-state index contributed by atoms with van der Waals surface area (Å²) in [4.78, 5) is 25.1. The average molecular weight is 322 g/mol. The predicted octanol–water partition coefficient (Wildman–Crippen LogP) is 3.15. The summed E-state index contributed by atoms with van der Waals surface area (Å²) in [5, 5.41) is 10.9. The fourth-order valence-electron chi connectivity index (χ4n) is 2.35. The second-order valence-corrected chi connectivity index (χ2v) is 5.79. The highest BCUT2D eigenvalue weighted by molar-refractivity contribution is 5.91. The van der Waals surface area contributed by atoms with Gasteiger partial charge in [0.25, 0.3) is 0 Å². The fraction of sp³-hybridized carbons (Fsp3) is 0.647. The van der Waals surface area contributed by atoms with Gasteiger partial charge in [0.1, 0.15) is 5.78 Å². The first-order valence-electron chi connectivity index (χ1n) is 8.37. The number of hydrogen-bond acceptors (Lipinski definition) is 5. The first kappa shape index (κ1) is 19.1. The number of piperidine rings is 1. The smallest absolute Gasteiger partial charge is 0.228 e. The number of rotatable bonds is 4. The molecule has 6 nitrogen and oxygen atoms in total. The molecular formula is C17H30N4O2. The Bertz CT molecular complexity index is 512. The second-order valence-electron chi connectivity index (χ2n) is 5.79. The SMILES string of the molecule is CC.CC(=O)C1CCN(c2ccc(NC(=O)C(C)C)nn2)CC1.[HH]. The third-order valence-corrected chi connectivity index (χ3v) is 3.82. The predicted molar refractivity (Wildman–Crippen MR) is 94.6 cm³/mol. The van der Waals surface area contributed by atoms with Crippen molar-refractivity contribution in [2.45, 2.75) is 47.5 Å². The molecule has 0 unspecified atom stereocenters. The molecule has 1 saturated heterocycles. The van der Waals surface area contributed by atoms with Crippen molar-refractivity contribution >= 4 is 23.3 Å². The molecule has 0 spiro atoms. The highest BCUT2D eigenvalue weighted by atomic mass is 16.2. The highest BCUT2D eigenvalue weighted by Gasteiger charge is 2.23. The van der Waals surface area contributed by atoms with Gasteiger partial charge in [-0.05, 0) is 31.9 Å². The summed E-state index contributed by atoms with van der Waals surface area (Å²) in [6.45, 7) is 11.0. The van der Waals surface area contributed by atoms with E-state index in [-0.39, 0.29) is 25.0 Å². The van der Waals surface area contributed by atoms with E-state index >= 15 is 0 Å². The number of nitrogens with one attached hydrogen (secondary N) is 1. The lowest BCUT2D eigenvalue weighted by atomic mass is 9.93. The molecule has 0 bridgehead atoms. The summed E-state index contributed by atoms with van der Waals surface area (Å²) >= 11 is 0. The van der Waals surface area contributed by atoms with Gasteiger partial charge < -0.3 is 10.2 Å². The summed E-state index contributed by atoms with van der Waals surface area (Å²) in [7, 11) is 0. The normalized spacial score (nSPS) is 15.0. The first-order valence-corrected chi connectivity index (χ1v) is 8.37. The number of ketones is 1. The van der Waals surface area contributed by atoms with Crippen molar-refractivity contribution in [2.75, 3.05) is 23.3 Å². The number of aromatic nitrogens is 2. The van der Waals surface area contributed by atoms with Gasteiger partial charge in [-0.3, -0.25) is 9.59 Å². The number of nitrogens with zero attached hydrogens (tertiary/aromatic N) is 3. The molecule has 23 heavy (non-hydrogen) atoms. The van der Waals surface area contributed by atoms with Crippen LogP contribution in [0.5, 0.6) is 0 Å². The van der Waals surface area contributed by atoms with Crippen LogP contribution in [-0.2, 0) is 9.59 Å². The summed E-state index contributed by atoms with van der Waals surface area (Å²) in [6, 6.07) is 3.62. The monoisotopic (exact) mass is 322 g/mol. The quantitative estimate of drug-likeness (QED) is 0.921. The molecule has 1 N–H and O–H groups in total. The molecule has 1 aliphatic rings. The van der Waals surface area contributed by atoms with Crippen LogP contribution in [0.25, 0.3) is 0 Å². The van der Waals surface area contributed by atoms with Crippen LogP contribution in [0.15, 0.2) is 12.1 Å². The lowest BCUT2D eigenvalue weighted by Gasteiger charge is -2.31. The Hall–Kier alpha value is -1.98. The maximum Gasteiger partial charge on any atom is 0.228 e. The molecule has 0 radical (unpaired) electrons. The zero-order chi connectivity index (χ0) is 17.4. The number of hydrogen-bond donors (Lipinski definition) is 1. The van der Waals surface area contributed by atoms with Crippen molar-refractivity contribution in [2.24, 2.45) is 11.8 Å². The second kappa shape index (κ2) is 9.22. The molecule has 1 amide bonds. The Balaban J connectivity index is 0.00000170. The Morgan fingerprint density at radius 2 is 1.83 bits per heavy atom.